The van der Waals surface area contributed by atoms with Crippen LogP contribution in [0.5, 0.6) is 0 Å². The van der Waals surface area contributed by atoms with Gasteiger partial charge in [0.25, 0.3) is 0 Å². The first kappa shape index (κ1) is 11.8. The molecule has 0 atom stereocenters. The molecule has 0 saturated carbocycles. The van der Waals surface area contributed by atoms with E-state index in [1.165, 1.54) is 0 Å². The fraction of sp³-hybridized carbons (Fsp3) is 0.250. The first-order valence-electron chi connectivity index (χ1n) is 3.77. The number of nitrogens with zero attached hydrogens (tertiary/aromatic N) is 1. The van der Waals surface area contributed by atoms with Crippen LogP contribution in [0.1, 0.15) is 5.56 Å². The van der Waals surface area contributed by atoms with Gasteiger partial charge in [0.1, 0.15) is 0 Å². The summed E-state index contributed by atoms with van der Waals surface area (Å²) in [6.07, 6.45) is -2.45. The molecule has 0 amide bonds. The number of pyridine rings is 1. The standard InChI is InChI=1S/C8H6F3NO2S/c9-8(10,11)5-1-2-12-3-6(5)15-4-7(13)14/h1-3H,4H2,(H,13,14). The first-order chi connectivity index (χ1) is 6.91. The molecule has 15 heavy (non-hydrogen) atoms. The molecule has 1 N–H and O–H groups in total. The molecule has 1 rings (SSSR count). The Kier molecular flexibility index (Phi) is 3.57. The predicted octanol–water partition coefficient (Wildman–Crippen LogP) is 2.28. The zero-order chi connectivity index (χ0) is 11.5. The van der Waals surface area contributed by atoms with Crippen LogP contribution in [-0.2, 0) is 11.0 Å². The minimum absolute atomic E-state index is 0.174. The van der Waals surface area contributed by atoms with E-state index in [4.69, 9.17) is 5.11 Å². The van der Waals surface area contributed by atoms with Crippen LogP contribution in [0.3, 0.4) is 0 Å². The summed E-state index contributed by atoms with van der Waals surface area (Å²) >= 11 is 0.600. The molecule has 0 radical (unpaired) electrons. The number of halogens is 3. The SMILES string of the molecule is O=C(O)CSc1cnccc1C(F)(F)F. The Morgan fingerprint density at radius 1 is 1.53 bits per heavy atom. The van der Waals surface area contributed by atoms with Crippen LogP contribution in [-0.4, -0.2) is 21.8 Å². The lowest BCUT2D eigenvalue weighted by molar-refractivity contribution is -0.140. The third kappa shape index (κ3) is 3.43. The van der Waals surface area contributed by atoms with Crippen molar-refractivity contribution in [3.8, 4) is 0 Å². The van der Waals surface area contributed by atoms with Crippen LogP contribution in [0.2, 0.25) is 0 Å². The van der Waals surface area contributed by atoms with Crippen molar-refractivity contribution in [3.63, 3.8) is 0 Å². The van der Waals surface area contributed by atoms with E-state index >= 15 is 0 Å². The maximum absolute atomic E-state index is 12.4. The van der Waals surface area contributed by atoms with Gasteiger partial charge in [-0.1, -0.05) is 0 Å². The van der Waals surface area contributed by atoms with Crippen molar-refractivity contribution in [2.75, 3.05) is 5.75 Å². The lowest BCUT2D eigenvalue weighted by Gasteiger charge is -2.10. The number of aliphatic carboxylic acids is 1. The fourth-order valence-electron chi connectivity index (χ4n) is 0.869. The molecule has 0 fully saturated rings. The zero-order valence-corrected chi connectivity index (χ0v) is 8.10. The van der Waals surface area contributed by atoms with Gasteiger partial charge in [0.05, 0.1) is 11.3 Å². The van der Waals surface area contributed by atoms with Gasteiger partial charge < -0.3 is 5.11 Å². The first-order valence-corrected chi connectivity index (χ1v) is 4.75. The number of hydrogen-bond donors (Lipinski definition) is 1. The summed E-state index contributed by atoms with van der Waals surface area (Å²) < 4.78 is 37.2. The van der Waals surface area contributed by atoms with E-state index in [9.17, 15) is 18.0 Å². The number of carboxylic acid groups (broad SMARTS) is 1. The van der Waals surface area contributed by atoms with Crippen LogP contribution in [0, 0.1) is 0 Å². The highest BCUT2D eigenvalue weighted by Gasteiger charge is 2.33. The van der Waals surface area contributed by atoms with Crippen molar-refractivity contribution >= 4 is 17.7 Å². The molecule has 0 aliphatic rings. The maximum Gasteiger partial charge on any atom is 0.417 e. The Bertz CT molecular complexity index is 367. The summed E-state index contributed by atoms with van der Waals surface area (Å²) in [6.45, 7) is 0. The topological polar surface area (TPSA) is 50.2 Å². The minimum Gasteiger partial charge on any atom is -0.481 e. The largest absolute Gasteiger partial charge is 0.481 e. The Morgan fingerprint density at radius 2 is 2.20 bits per heavy atom. The Hall–Kier alpha value is -1.24. The van der Waals surface area contributed by atoms with Crippen LogP contribution in [0.4, 0.5) is 13.2 Å². The zero-order valence-electron chi connectivity index (χ0n) is 7.28. The molecule has 1 aromatic rings. The molecule has 0 aromatic carbocycles. The average molecular weight is 237 g/mol. The molecule has 0 aliphatic carbocycles. The van der Waals surface area contributed by atoms with Crippen LogP contribution in [0.25, 0.3) is 0 Å². The second-order valence-corrected chi connectivity index (χ2v) is 3.57. The Balaban J connectivity index is 2.92. The lowest BCUT2D eigenvalue weighted by Crippen LogP contribution is -2.08. The second kappa shape index (κ2) is 4.52. The van der Waals surface area contributed by atoms with E-state index in [-0.39, 0.29) is 4.90 Å². The third-order valence-electron chi connectivity index (χ3n) is 1.44. The normalized spacial score (nSPS) is 11.4. The molecule has 1 aromatic heterocycles. The van der Waals surface area contributed by atoms with Gasteiger partial charge in [0, 0.05) is 17.3 Å². The minimum atomic E-state index is -4.48. The number of aromatic nitrogens is 1. The highest BCUT2D eigenvalue weighted by atomic mass is 32.2. The molecule has 1 heterocycles. The van der Waals surface area contributed by atoms with Gasteiger partial charge in [-0.3, -0.25) is 9.78 Å². The molecular formula is C8H6F3NO2S. The van der Waals surface area contributed by atoms with Crippen molar-refractivity contribution in [1.82, 2.24) is 4.98 Å². The van der Waals surface area contributed by atoms with E-state index in [0.717, 1.165) is 18.5 Å². The number of alkyl halides is 3. The molecule has 0 saturated heterocycles. The maximum atomic E-state index is 12.4. The molecule has 7 heteroatoms. The van der Waals surface area contributed by atoms with Gasteiger partial charge in [0.15, 0.2) is 0 Å². The Labute approximate surface area is 87.3 Å². The van der Waals surface area contributed by atoms with E-state index in [2.05, 4.69) is 4.98 Å². The number of thioether (sulfide) groups is 1. The summed E-state index contributed by atoms with van der Waals surface area (Å²) in [5.74, 6) is -1.59. The van der Waals surface area contributed by atoms with Crippen LogP contribution in [0.15, 0.2) is 23.4 Å². The number of rotatable bonds is 3. The average Bonchev–Trinajstić information content (AvgIpc) is 2.13. The summed E-state index contributed by atoms with van der Waals surface area (Å²) in [5.41, 5.74) is -0.858. The fourth-order valence-corrected chi connectivity index (χ4v) is 1.62. The summed E-state index contributed by atoms with van der Waals surface area (Å²) in [4.78, 5) is 13.6. The smallest absolute Gasteiger partial charge is 0.417 e. The molecule has 0 spiro atoms. The van der Waals surface area contributed by atoms with Crippen molar-refractivity contribution in [2.45, 2.75) is 11.1 Å². The molecule has 0 aliphatic heterocycles. The quantitative estimate of drug-likeness (QED) is 0.819. The van der Waals surface area contributed by atoms with Gasteiger partial charge in [0.2, 0.25) is 0 Å². The summed E-state index contributed by atoms with van der Waals surface area (Å²) in [5, 5.41) is 8.35. The van der Waals surface area contributed by atoms with Crippen LogP contribution >= 0.6 is 11.8 Å². The number of carboxylic acids is 1. The van der Waals surface area contributed by atoms with Crippen molar-refractivity contribution < 1.29 is 23.1 Å². The molecular weight excluding hydrogens is 231 g/mol. The predicted molar refractivity (Wildman–Crippen MR) is 47.6 cm³/mol. The highest BCUT2D eigenvalue weighted by molar-refractivity contribution is 8.00. The molecule has 0 unspecified atom stereocenters. The van der Waals surface area contributed by atoms with Gasteiger partial charge in [-0.15, -0.1) is 11.8 Å². The van der Waals surface area contributed by atoms with Gasteiger partial charge in [-0.05, 0) is 6.07 Å². The second-order valence-electron chi connectivity index (χ2n) is 2.55. The highest BCUT2D eigenvalue weighted by Crippen LogP contribution is 2.35. The lowest BCUT2D eigenvalue weighted by atomic mass is 10.3. The number of carbonyl (C=O) groups is 1. The Morgan fingerprint density at radius 3 is 2.73 bits per heavy atom. The van der Waals surface area contributed by atoms with Gasteiger partial charge >= 0.3 is 12.1 Å². The van der Waals surface area contributed by atoms with Crippen molar-refractivity contribution in [3.05, 3.63) is 24.0 Å². The van der Waals surface area contributed by atoms with E-state index in [1.807, 2.05) is 0 Å². The molecule has 3 nitrogen and oxygen atoms in total. The van der Waals surface area contributed by atoms with Crippen molar-refractivity contribution in [1.29, 1.82) is 0 Å². The molecule has 82 valence electrons. The third-order valence-corrected chi connectivity index (χ3v) is 2.47. The number of hydrogen-bond acceptors (Lipinski definition) is 3. The summed E-state index contributed by atoms with van der Waals surface area (Å²) in [6, 6.07) is 0.824. The van der Waals surface area contributed by atoms with E-state index < -0.39 is 23.5 Å². The van der Waals surface area contributed by atoms with E-state index in [1.54, 1.807) is 0 Å². The summed E-state index contributed by atoms with van der Waals surface area (Å²) in [7, 11) is 0. The van der Waals surface area contributed by atoms with Crippen LogP contribution < -0.4 is 0 Å². The molecule has 0 bridgehead atoms. The van der Waals surface area contributed by atoms with E-state index in [0.29, 0.717) is 11.8 Å². The van der Waals surface area contributed by atoms with Gasteiger partial charge in [-0.25, -0.2) is 0 Å². The van der Waals surface area contributed by atoms with Gasteiger partial charge in [-0.2, -0.15) is 13.2 Å². The van der Waals surface area contributed by atoms with Crippen molar-refractivity contribution in [2.24, 2.45) is 0 Å². The monoisotopic (exact) mass is 237 g/mol.